The van der Waals surface area contributed by atoms with Crippen LogP contribution in [0.25, 0.3) is 0 Å². The minimum atomic E-state index is -0.562. The number of benzene rings is 1. The topological polar surface area (TPSA) is 97.2 Å². The maximum atomic E-state index is 12.1. The molecule has 20 heavy (non-hydrogen) atoms. The third-order valence-corrected chi connectivity index (χ3v) is 3.42. The molecular formula is C12H12N4O3S. The van der Waals surface area contributed by atoms with Crippen molar-refractivity contribution in [1.29, 1.82) is 0 Å². The maximum Gasteiger partial charge on any atom is 0.305 e. The Morgan fingerprint density at radius 3 is 2.90 bits per heavy atom. The predicted octanol–water partition coefficient (Wildman–Crippen LogP) is 2.02. The molecular weight excluding hydrogens is 280 g/mol. The Morgan fingerprint density at radius 1 is 1.50 bits per heavy atom. The smallest absolute Gasteiger partial charge is 0.305 e. The van der Waals surface area contributed by atoms with Gasteiger partial charge >= 0.3 is 5.69 Å². The molecule has 7 nitrogen and oxygen atoms in total. The molecule has 104 valence electrons. The Morgan fingerprint density at radius 2 is 2.30 bits per heavy atom. The molecule has 0 saturated carbocycles. The molecule has 8 heteroatoms. The highest BCUT2D eigenvalue weighted by Gasteiger charge is 2.23. The molecule has 2 aromatic rings. The molecule has 1 heterocycles. The number of amides is 1. The standard InChI is InChI=1S/C12H12N4O3S/c1-13-10-4-2-3-9(11(10)16(18)19)12(17)15-6-8-5-14-7-20-8/h2-5,7,13H,6H2,1H3,(H,15,17). The summed E-state index contributed by atoms with van der Waals surface area (Å²) >= 11 is 1.41. The van der Waals surface area contributed by atoms with Crippen LogP contribution in [-0.4, -0.2) is 22.9 Å². The van der Waals surface area contributed by atoms with E-state index in [0.29, 0.717) is 12.2 Å². The number of hydrogen-bond acceptors (Lipinski definition) is 6. The van der Waals surface area contributed by atoms with E-state index in [-0.39, 0.29) is 11.3 Å². The van der Waals surface area contributed by atoms with Gasteiger partial charge in [0.15, 0.2) is 0 Å². The lowest BCUT2D eigenvalue weighted by Gasteiger charge is -2.07. The maximum absolute atomic E-state index is 12.1. The highest BCUT2D eigenvalue weighted by Crippen LogP contribution is 2.28. The van der Waals surface area contributed by atoms with E-state index in [4.69, 9.17) is 0 Å². The van der Waals surface area contributed by atoms with Gasteiger partial charge in [-0.1, -0.05) is 6.07 Å². The fourth-order valence-electron chi connectivity index (χ4n) is 1.72. The molecule has 1 aromatic carbocycles. The largest absolute Gasteiger partial charge is 0.383 e. The summed E-state index contributed by atoms with van der Waals surface area (Å²) in [6.45, 7) is 0.296. The van der Waals surface area contributed by atoms with Crippen LogP contribution in [0.2, 0.25) is 0 Å². The number of rotatable bonds is 5. The van der Waals surface area contributed by atoms with Crippen LogP contribution in [0.4, 0.5) is 11.4 Å². The SMILES string of the molecule is CNc1cccc(C(=O)NCc2cncs2)c1[N+](=O)[O-]. The van der Waals surface area contributed by atoms with Crippen LogP contribution >= 0.6 is 11.3 Å². The summed E-state index contributed by atoms with van der Waals surface area (Å²) in [5, 5.41) is 16.5. The van der Waals surface area contributed by atoms with E-state index >= 15 is 0 Å². The van der Waals surface area contributed by atoms with Crippen LogP contribution in [0.15, 0.2) is 29.9 Å². The van der Waals surface area contributed by atoms with Gasteiger partial charge in [0.1, 0.15) is 11.3 Å². The summed E-state index contributed by atoms with van der Waals surface area (Å²) in [5.41, 5.74) is 1.77. The van der Waals surface area contributed by atoms with Crippen molar-refractivity contribution >= 4 is 28.6 Å². The van der Waals surface area contributed by atoms with Gasteiger partial charge in [-0.25, -0.2) is 0 Å². The predicted molar refractivity (Wildman–Crippen MR) is 75.9 cm³/mol. The average Bonchev–Trinajstić information content (AvgIpc) is 2.96. The first-order chi connectivity index (χ1) is 9.63. The van der Waals surface area contributed by atoms with Gasteiger partial charge in [0.05, 0.1) is 17.0 Å². The molecule has 0 radical (unpaired) electrons. The Balaban J connectivity index is 2.23. The molecule has 1 aromatic heterocycles. The van der Waals surface area contributed by atoms with Gasteiger partial charge in [-0.05, 0) is 12.1 Å². The van der Waals surface area contributed by atoms with Crippen molar-refractivity contribution in [3.05, 3.63) is 50.5 Å². The molecule has 0 fully saturated rings. The van der Waals surface area contributed by atoms with Gasteiger partial charge in [0.2, 0.25) is 0 Å². The molecule has 0 saturated heterocycles. The van der Waals surface area contributed by atoms with Crippen molar-refractivity contribution < 1.29 is 9.72 Å². The zero-order chi connectivity index (χ0) is 14.5. The zero-order valence-electron chi connectivity index (χ0n) is 10.6. The van der Waals surface area contributed by atoms with Crippen molar-refractivity contribution in [3.8, 4) is 0 Å². The van der Waals surface area contributed by atoms with Crippen LogP contribution in [0.1, 0.15) is 15.2 Å². The number of nitrogens with zero attached hydrogens (tertiary/aromatic N) is 2. The number of hydrogen-bond donors (Lipinski definition) is 2. The van der Waals surface area contributed by atoms with E-state index < -0.39 is 10.8 Å². The summed E-state index contributed by atoms with van der Waals surface area (Å²) in [5.74, 6) is -0.484. The Kier molecular flexibility index (Phi) is 4.26. The van der Waals surface area contributed by atoms with Gasteiger partial charge in [0, 0.05) is 18.1 Å². The number of nitro benzene ring substituents is 1. The molecule has 0 aliphatic rings. The summed E-state index contributed by atoms with van der Waals surface area (Å²) in [6, 6.07) is 4.58. The van der Waals surface area contributed by atoms with Gasteiger partial charge in [-0.3, -0.25) is 19.9 Å². The van der Waals surface area contributed by atoms with Crippen molar-refractivity contribution in [2.45, 2.75) is 6.54 Å². The lowest BCUT2D eigenvalue weighted by molar-refractivity contribution is -0.384. The lowest BCUT2D eigenvalue weighted by atomic mass is 10.1. The molecule has 2 N–H and O–H groups in total. The number of carbonyl (C=O) groups is 1. The second-order valence-corrected chi connectivity index (χ2v) is 4.83. The molecule has 0 aliphatic heterocycles. The first kappa shape index (κ1) is 13.9. The van der Waals surface area contributed by atoms with Gasteiger partial charge in [-0.2, -0.15) is 0 Å². The normalized spacial score (nSPS) is 10.1. The van der Waals surface area contributed by atoms with Crippen molar-refractivity contribution in [2.75, 3.05) is 12.4 Å². The first-order valence-electron chi connectivity index (χ1n) is 5.74. The summed E-state index contributed by atoms with van der Waals surface area (Å²) in [4.78, 5) is 27.4. The Bertz CT molecular complexity index is 628. The lowest BCUT2D eigenvalue weighted by Crippen LogP contribution is -2.23. The number of anilines is 1. The fourth-order valence-corrected chi connectivity index (χ4v) is 2.25. The minimum Gasteiger partial charge on any atom is -0.383 e. The fraction of sp³-hybridized carbons (Fsp3) is 0.167. The second kappa shape index (κ2) is 6.11. The van der Waals surface area contributed by atoms with Crippen molar-refractivity contribution in [2.24, 2.45) is 0 Å². The van der Waals surface area contributed by atoms with E-state index in [1.807, 2.05) is 0 Å². The van der Waals surface area contributed by atoms with E-state index in [2.05, 4.69) is 15.6 Å². The summed E-state index contributed by atoms with van der Waals surface area (Å²) in [6.07, 6.45) is 1.64. The van der Waals surface area contributed by atoms with E-state index in [1.54, 1.807) is 30.9 Å². The molecule has 0 spiro atoms. The number of para-hydroxylation sites is 1. The van der Waals surface area contributed by atoms with Crippen molar-refractivity contribution in [3.63, 3.8) is 0 Å². The van der Waals surface area contributed by atoms with Crippen molar-refractivity contribution in [1.82, 2.24) is 10.3 Å². The number of nitro groups is 1. The summed E-state index contributed by atoms with van der Waals surface area (Å²) in [7, 11) is 1.57. The van der Waals surface area contributed by atoms with Gasteiger partial charge in [0.25, 0.3) is 5.91 Å². The average molecular weight is 292 g/mol. The molecule has 0 atom stereocenters. The van der Waals surface area contributed by atoms with Crippen LogP contribution in [0, 0.1) is 10.1 Å². The molecule has 1 amide bonds. The third-order valence-electron chi connectivity index (χ3n) is 2.64. The van der Waals surface area contributed by atoms with Crippen LogP contribution < -0.4 is 10.6 Å². The Hall–Kier alpha value is -2.48. The highest BCUT2D eigenvalue weighted by molar-refractivity contribution is 7.09. The summed E-state index contributed by atoms with van der Waals surface area (Å²) < 4.78 is 0. The first-order valence-corrected chi connectivity index (χ1v) is 6.62. The third kappa shape index (κ3) is 2.91. The van der Waals surface area contributed by atoms with Crippen LogP contribution in [-0.2, 0) is 6.54 Å². The molecule has 2 rings (SSSR count). The van der Waals surface area contributed by atoms with Crippen LogP contribution in [0.5, 0.6) is 0 Å². The number of nitrogens with one attached hydrogen (secondary N) is 2. The van der Waals surface area contributed by atoms with E-state index in [1.165, 1.54) is 17.4 Å². The van der Waals surface area contributed by atoms with E-state index in [9.17, 15) is 14.9 Å². The monoisotopic (exact) mass is 292 g/mol. The minimum absolute atomic E-state index is 0.0337. The zero-order valence-corrected chi connectivity index (χ0v) is 11.4. The second-order valence-electron chi connectivity index (χ2n) is 3.86. The van der Waals surface area contributed by atoms with Gasteiger partial charge < -0.3 is 10.6 Å². The molecule has 0 unspecified atom stereocenters. The molecule has 0 aliphatic carbocycles. The number of thiazole rings is 1. The Labute approximate surface area is 118 Å². The number of carbonyl (C=O) groups excluding carboxylic acids is 1. The van der Waals surface area contributed by atoms with Crippen LogP contribution in [0.3, 0.4) is 0 Å². The number of aromatic nitrogens is 1. The van der Waals surface area contributed by atoms with Gasteiger partial charge in [-0.15, -0.1) is 11.3 Å². The quantitative estimate of drug-likeness (QED) is 0.649. The van der Waals surface area contributed by atoms with E-state index in [0.717, 1.165) is 4.88 Å². The highest BCUT2D eigenvalue weighted by atomic mass is 32.1. The molecule has 0 bridgehead atoms.